The number of aryl methyl sites for hydroxylation is 1. The Morgan fingerprint density at radius 2 is 1.79 bits per heavy atom. The van der Waals surface area contributed by atoms with E-state index in [-0.39, 0.29) is 27.3 Å². The standard InChI is InChI=1S/C25H21N3O5/c1-15-4-9-23(27-13-15)28(2,3)25(31)22-12-19-20(10-17(24(26)30)11-21(19)33-22)32-18-7-5-16(14-29)6-8-18/h4-14H,1-3H3,(H-,26,30)/p+1. The number of primary amides is 1. The maximum atomic E-state index is 13.4. The number of hydrogen-bond acceptors (Lipinski definition) is 6. The molecule has 0 aliphatic heterocycles. The summed E-state index contributed by atoms with van der Waals surface area (Å²) in [6.07, 6.45) is 2.43. The van der Waals surface area contributed by atoms with Crippen LogP contribution in [0.4, 0.5) is 5.82 Å². The molecule has 33 heavy (non-hydrogen) atoms. The summed E-state index contributed by atoms with van der Waals surface area (Å²) >= 11 is 0. The number of nitrogens with two attached hydrogens (primary N) is 1. The molecular weight excluding hydrogens is 422 g/mol. The number of aldehydes is 1. The number of fused-ring (bicyclic) bond motifs is 1. The maximum Gasteiger partial charge on any atom is 0.387 e. The third kappa shape index (κ3) is 4.24. The van der Waals surface area contributed by atoms with E-state index in [4.69, 9.17) is 14.9 Å². The van der Waals surface area contributed by atoms with Crippen molar-refractivity contribution in [1.29, 1.82) is 0 Å². The number of pyridine rings is 1. The Morgan fingerprint density at radius 1 is 1.06 bits per heavy atom. The van der Waals surface area contributed by atoms with Crippen molar-refractivity contribution in [3.8, 4) is 11.5 Å². The number of nitrogens with zero attached hydrogens (tertiary/aromatic N) is 2. The molecule has 0 atom stereocenters. The second-order valence-electron chi connectivity index (χ2n) is 8.10. The van der Waals surface area contributed by atoms with Gasteiger partial charge in [-0.2, -0.15) is 0 Å². The molecule has 0 spiro atoms. The minimum Gasteiger partial charge on any atom is -0.457 e. The van der Waals surface area contributed by atoms with Crippen molar-refractivity contribution in [2.45, 2.75) is 6.92 Å². The van der Waals surface area contributed by atoms with Crippen LogP contribution in [0.2, 0.25) is 0 Å². The highest BCUT2D eigenvalue weighted by Gasteiger charge is 2.35. The van der Waals surface area contributed by atoms with Crippen molar-refractivity contribution in [2.24, 2.45) is 5.73 Å². The third-order valence-electron chi connectivity index (χ3n) is 5.31. The minimum absolute atomic E-state index is 0.0835. The smallest absolute Gasteiger partial charge is 0.387 e. The van der Waals surface area contributed by atoms with E-state index in [9.17, 15) is 14.4 Å². The second kappa shape index (κ2) is 8.33. The molecule has 2 aromatic heterocycles. The molecule has 2 amide bonds. The Labute approximate surface area is 189 Å². The quantitative estimate of drug-likeness (QED) is 0.351. The van der Waals surface area contributed by atoms with Gasteiger partial charge in [0.2, 0.25) is 17.5 Å². The van der Waals surface area contributed by atoms with Crippen LogP contribution in [-0.4, -0.2) is 37.2 Å². The van der Waals surface area contributed by atoms with E-state index in [1.807, 2.05) is 13.0 Å². The van der Waals surface area contributed by atoms with Gasteiger partial charge in [0, 0.05) is 29.5 Å². The Kier molecular flexibility index (Phi) is 5.53. The summed E-state index contributed by atoms with van der Waals surface area (Å²) in [6, 6.07) is 14.7. The van der Waals surface area contributed by atoms with Gasteiger partial charge in [-0.05, 0) is 48.9 Å². The van der Waals surface area contributed by atoms with Gasteiger partial charge < -0.3 is 14.9 Å². The lowest BCUT2D eigenvalue weighted by molar-refractivity contribution is 0.0799. The van der Waals surface area contributed by atoms with E-state index in [0.29, 0.717) is 28.3 Å². The summed E-state index contributed by atoms with van der Waals surface area (Å²) in [5.41, 5.74) is 7.41. The first-order chi connectivity index (χ1) is 15.7. The number of ether oxygens (including phenoxy) is 1. The molecule has 0 radical (unpaired) electrons. The predicted octanol–water partition coefficient (Wildman–Crippen LogP) is 4.25. The molecule has 0 bridgehead atoms. The molecule has 0 aliphatic rings. The summed E-state index contributed by atoms with van der Waals surface area (Å²) < 4.78 is 11.6. The number of amides is 2. The first-order valence-corrected chi connectivity index (χ1v) is 10.1. The predicted molar refractivity (Wildman–Crippen MR) is 124 cm³/mol. The molecule has 0 unspecified atom stereocenters. The van der Waals surface area contributed by atoms with E-state index in [1.54, 1.807) is 56.7 Å². The van der Waals surface area contributed by atoms with Crippen LogP contribution in [-0.2, 0) is 0 Å². The molecule has 8 heteroatoms. The molecular formula is C25H22N3O5+. The summed E-state index contributed by atoms with van der Waals surface area (Å²) in [5, 5.41) is 0.500. The van der Waals surface area contributed by atoms with Crippen LogP contribution in [0.25, 0.3) is 11.0 Å². The fraction of sp³-hybridized carbons (Fsp3) is 0.120. The lowest BCUT2D eigenvalue weighted by atomic mass is 10.1. The zero-order chi connectivity index (χ0) is 23.8. The molecule has 0 aliphatic carbocycles. The van der Waals surface area contributed by atoms with Crippen molar-refractivity contribution >= 4 is 34.9 Å². The number of hydrogen-bond donors (Lipinski definition) is 1. The monoisotopic (exact) mass is 444 g/mol. The number of benzene rings is 2. The Morgan fingerprint density at radius 3 is 2.39 bits per heavy atom. The molecule has 8 nitrogen and oxygen atoms in total. The topological polar surface area (TPSA) is 112 Å². The fourth-order valence-electron chi connectivity index (χ4n) is 3.35. The third-order valence-corrected chi connectivity index (χ3v) is 5.31. The lowest BCUT2D eigenvalue weighted by Gasteiger charge is -2.23. The molecule has 0 fully saturated rings. The Bertz CT molecular complexity index is 1370. The van der Waals surface area contributed by atoms with Gasteiger partial charge in [-0.25, -0.2) is 14.3 Å². The van der Waals surface area contributed by atoms with Crippen molar-refractivity contribution in [2.75, 3.05) is 14.1 Å². The molecule has 2 aromatic carbocycles. The van der Waals surface area contributed by atoms with E-state index in [1.165, 1.54) is 12.1 Å². The van der Waals surface area contributed by atoms with Gasteiger partial charge in [0.15, 0.2) is 0 Å². The van der Waals surface area contributed by atoms with E-state index in [0.717, 1.165) is 11.8 Å². The van der Waals surface area contributed by atoms with Gasteiger partial charge in [0.05, 0.1) is 19.5 Å². The van der Waals surface area contributed by atoms with Gasteiger partial charge in [-0.15, -0.1) is 0 Å². The van der Waals surface area contributed by atoms with Crippen LogP contribution in [0.3, 0.4) is 0 Å². The van der Waals surface area contributed by atoms with Crippen LogP contribution < -0.4 is 15.0 Å². The maximum absolute atomic E-state index is 13.4. The summed E-state index contributed by atoms with van der Waals surface area (Å²) in [4.78, 5) is 40.5. The van der Waals surface area contributed by atoms with Crippen molar-refractivity contribution in [1.82, 2.24) is 9.47 Å². The zero-order valence-corrected chi connectivity index (χ0v) is 18.4. The van der Waals surface area contributed by atoms with E-state index >= 15 is 0 Å². The van der Waals surface area contributed by atoms with Crippen LogP contribution in [0.15, 0.2) is 65.2 Å². The fourth-order valence-corrected chi connectivity index (χ4v) is 3.35. The molecule has 2 N–H and O–H groups in total. The van der Waals surface area contributed by atoms with Gasteiger partial charge >= 0.3 is 5.91 Å². The average molecular weight is 444 g/mol. The summed E-state index contributed by atoms with van der Waals surface area (Å²) in [6.45, 7) is 1.92. The van der Waals surface area contributed by atoms with Gasteiger partial charge in [0.1, 0.15) is 23.4 Å². The number of aromatic nitrogens is 1. The average Bonchev–Trinajstić information content (AvgIpc) is 3.23. The normalized spacial score (nSPS) is 11.4. The number of carbonyl (C=O) groups excluding carboxylic acids is 3. The minimum atomic E-state index is -0.665. The second-order valence-corrected chi connectivity index (χ2v) is 8.10. The largest absolute Gasteiger partial charge is 0.457 e. The van der Waals surface area contributed by atoms with Crippen LogP contribution in [0.1, 0.15) is 36.8 Å². The lowest BCUT2D eigenvalue weighted by Crippen LogP contribution is -2.47. The summed E-state index contributed by atoms with van der Waals surface area (Å²) in [7, 11) is 3.43. The number of rotatable bonds is 6. The summed E-state index contributed by atoms with van der Waals surface area (Å²) in [5.74, 6) is 0.377. The van der Waals surface area contributed by atoms with Crippen LogP contribution in [0, 0.1) is 6.92 Å². The molecule has 166 valence electrons. The van der Waals surface area contributed by atoms with Gasteiger partial charge in [0.25, 0.3) is 0 Å². The molecule has 4 rings (SSSR count). The van der Waals surface area contributed by atoms with Crippen molar-refractivity contribution < 1.29 is 23.5 Å². The number of furan rings is 1. The highest BCUT2D eigenvalue weighted by molar-refractivity contribution is 6.04. The highest BCUT2D eigenvalue weighted by Crippen LogP contribution is 2.35. The molecule has 0 saturated carbocycles. The van der Waals surface area contributed by atoms with Gasteiger partial charge in [-0.1, -0.05) is 6.07 Å². The Hall–Kier alpha value is -4.30. The first kappa shape index (κ1) is 21.9. The molecule has 2 heterocycles. The highest BCUT2D eigenvalue weighted by atomic mass is 16.5. The van der Waals surface area contributed by atoms with Crippen LogP contribution >= 0.6 is 0 Å². The van der Waals surface area contributed by atoms with Crippen molar-refractivity contribution in [3.63, 3.8) is 0 Å². The van der Waals surface area contributed by atoms with E-state index in [2.05, 4.69) is 4.98 Å². The molecule has 0 saturated heterocycles. The van der Waals surface area contributed by atoms with Crippen molar-refractivity contribution in [3.05, 3.63) is 83.2 Å². The first-order valence-electron chi connectivity index (χ1n) is 10.1. The Balaban J connectivity index is 1.77. The van der Waals surface area contributed by atoms with Crippen LogP contribution in [0.5, 0.6) is 11.5 Å². The number of carbonyl (C=O) groups is 3. The van der Waals surface area contributed by atoms with Gasteiger partial charge in [-0.3, -0.25) is 9.59 Å². The SMILES string of the molecule is Cc1ccc([N+](C)(C)C(=O)c2cc3c(Oc4ccc(C=O)cc4)cc(C(N)=O)cc3o2)nc1. The zero-order valence-electron chi connectivity index (χ0n) is 18.4. The molecule has 4 aromatic rings. The van der Waals surface area contributed by atoms with E-state index < -0.39 is 5.91 Å². The number of quaternary nitrogens is 1.